The number of hydrogen-bond acceptors (Lipinski definition) is 6. The lowest BCUT2D eigenvalue weighted by Gasteiger charge is -2.20. The van der Waals surface area contributed by atoms with E-state index in [0.717, 1.165) is 17.0 Å². The van der Waals surface area contributed by atoms with Crippen LogP contribution in [-0.2, 0) is 9.57 Å². The van der Waals surface area contributed by atoms with E-state index in [0.29, 0.717) is 17.8 Å². The number of methoxy groups -OCH3 is 1. The van der Waals surface area contributed by atoms with E-state index in [9.17, 15) is 4.79 Å². The normalized spacial score (nSPS) is 17.4. The molecule has 6 nitrogen and oxygen atoms in total. The van der Waals surface area contributed by atoms with Gasteiger partial charge in [-0.25, -0.2) is 9.78 Å². The number of oxime groups is 1. The minimum absolute atomic E-state index is 0.238. The summed E-state index contributed by atoms with van der Waals surface area (Å²) < 4.78 is 4.80. The molecule has 0 radical (unpaired) electrons. The summed E-state index contributed by atoms with van der Waals surface area (Å²) in [5.74, 6) is -0.442. The number of nitrogens with zero attached hydrogens (tertiary/aromatic N) is 3. The maximum Gasteiger partial charge on any atom is 0.357 e. The lowest BCUT2D eigenvalue weighted by atomic mass is 10.1. The van der Waals surface area contributed by atoms with Crippen LogP contribution < -0.4 is 4.90 Å². The van der Waals surface area contributed by atoms with Gasteiger partial charge < -0.3 is 14.5 Å². The quantitative estimate of drug-likeness (QED) is 0.791. The van der Waals surface area contributed by atoms with Gasteiger partial charge in [0.2, 0.25) is 0 Å². The predicted molar refractivity (Wildman–Crippen MR) is 76.2 cm³/mol. The van der Waals surface area contributed by atoms with Gasteiger partial charge in [0.15, 0.2) is 11.8 Å². The Morgan fingerprint density at radius 1 is 1.45 bits per heavy atom. The molecular weight excluding hydrogens is 258 g/mol. The smallest absolute Gasteiger partial charge is 0.357 e. The maximum absolute atomic E-state index is 11.9. The number of hydrogen-bond donors (Lipinski definition) is 0. The second-order valence-electron chi connectivity index (χ2n) is 5.05. The van der Waals surface area contributed by atoms with Gasteiger partial charge in [0, 0.05) is 31.8 Å². The van der Waals surface area contributed by atoms with Crippen LogP contribution in [0.5, 0.6) is 0 Å². The molecule has 0 aromatic carbocycles. The van der Waals surface area contributed by atoms with Crippen molar-refractivity contribution in [2.75, 3.05) is 26.1 Å². The fraction of sp³-hybridized carbons (Fsp3) is 0.500. The summed E-state index contributed by atoms with van der Waals surface area (Å²) in [6, 6.07) is 1.93. The molecule has 0 spiro atoms. The van der Waals surface area contributed by atoms with Crippen LogP contribution in [-0.4, -0.2) is 37.9 Å². The van der Waals surface area contributed by atoms with Crippen molar-refractivity contribution in [1.82, 2.24) is 4.98 Å². The maximum atomic E-state index is 11.9. The zero-order chi connectivity index (χ0) is 14.9. The van der Waals surface area contributed by atoms with Gasteiger partial charge in [-0.15, -0.1) is 0 Å². The second-order valence-corrected chi connectivity index (χ2v) is 5.05. The molecule has 2 rings (SSSR count). The number of pyridine rings is 1. The molecule has 1 atom stereocenters. The van der Waals surface area contributed by atoms with Gasteiger partial charge >= 0.3 is 5.97 Å². The molecule has 0 fully saturated rings. The Morgan fingerprint density at radius 3 is 2.65 bits per heavy atom. The Bertz CT molecular complexity index is 567. The van der Waals surface area contributed by atoms with E-state index in [1.165, 1.54) is 7.11 Å². The number of carbonyl (C=O) groups excluding carboxylic acids is 1. The van der Waals surface area contributed by atoms with Crippen LogP contribution in [0.3, 0.4) is 0 Å². The topological polar surface area (TPSA) is 64.0 Å². The first-order chi connectivity index (χ1) is 9.43. The number of esters is 1. The standard InChI is InChI=1S/C14H19N3O3/c1-8-6-12(20-16-8)10-7-11(17(3)4)9(2)13(15-10)14(18)19-5/h7,12H,6H2,1-5H3. The van der Waals surface area contributed by atoms with E-state index in [2.05, 4.69) is 10.1 Å². The van der Waals surface area contributed by atoms with Crippen LogP contribution in [0.25, 0.3) is 0 Å². The molecule has 2 heterocycles. The molecule has 1 aromatic heterocycles. The molecule has 0 saturated carbocycles. The van der Waals surface area contributed by atoms with Crippen molar-refractivity contribution in [2.45, 2.75) is 26.4 Å². The lowest BCUT2D eigenvalue weighted by molar-refractivity contribution is 0.0588. The molecule has 1 aliphatic heterocycles. The first-order valence-electron chi connectivity index (χ1n) is 6.40. The predicted octanol–water partition coefficient (Wildman–Crippen LogP) is 2.08. The molecule has 108 valence electrons. The van der Waals surface area contributed by atoms with Crippen molar-refractivity contribution in [2.24, 2.45) is 5.16 Å². The molecular formula is C14H19N3O3. The van der Waals surface area contributed by atoms with E-state index >= 15 is 0 Å². The molecule has 1 unspecified atom stereocenters. The third-order valence-corrected chi connectivity index (χ3v) is 3.27. The number of anilines is 1. The highest BCUT2D eigenvalue weighted by Gasteiger charge is 2.26. The number of rotatable bonds is 3. The Kier molecular flexibility index (Phi) is 3.92. The molecule has 0 aliphatic carbocycles. The van der Waals surface area contributed by atoms with Crippen molar-refractivity contribution in [3.63, 3.8) is 0 Å². The fourth-order valence-corrected chi connectivity index (χ4v) is 2.19. The summed E-state index contributed by atoms with van der Waals surface area (Å²) in [6.45, 7) is 3.76. The second kappa shape index (κ2) is 5.48. The largest absolute Gasteiger partial charge is 0.464 e. The third kappa shape index (κ3) is 2.59. The first-order valence-corrected chi connectivity index (χ1v) is 6.40. The van der Waals surface area contributed by atoms with Crippen LogP contribution in [0.2, 0.25) is 0 Å². The number of aromatic nitrogens is 1. The average Bonchev–Trinajstić information content (AvgIpc) is 2.84. The van der Waals surface area contributed by atoms with E-state index in [4.69, 9.17) is 9.57 Å². The summed E-state index contributed by atoms with van der Waals surface area (Å²) >= 11 is 0. The van der Waals surface area contributed by atoms with Crippen molar-refractivity contribution >= 4 is 17.4 Å². The van der Waals surface area contributed by atoms with Crippen molar-refractivity contribution in [1.29, 1.82) is 0 Å². The van der Waals surface area contributed by atoms with E-state index in [1.807, 2.05) is 38.9 Å². The van der Waals surface area contributed by atoms with Gasteiger partial charge in [0.25, 0.3) is 0 Å². The molecule has 0 N–H and O–H groups in total. The van der Waals surface area contributed by atoms with Gasteiger partial charge in [-0.05, 0) is 19.9 Å². The van der Waals surface area contributed by atoms with Gasteiger partial charge in [-0.3, -0.25) is 0 Å². The molecule has 20 heavy (non-hydrogen) atoms. The monoisotopic (exact) mass is 277 g/mol. The summed E-state index contributed by atoms with van der Waals surface area (Å²) in [5, 5.41) is 3.93. The molecule has 0 bridgehead atoms. The molecule has 0 amide bonds. The SMILES string of the molecule is COC(=O)c1nc(C2CC(C)=NO2)cc(N(C)C)c1C. The van der Waals surface area contributed by atoms with Gasteiger partial charge in [0.05, 0.1) is 18.5 Å². The van der Waals surface area contributed by atoms with Gasteiger partial charge in [0.1, 0.15) is 0 Å². The van der Waals surface area contributed by atoms with Crippen LogP contribution >= 0.6 is 0 Å². The zero-order valence-electron chi connectivity index (χ0n) is 12.4. The Labute approximate surface area is 118 Å². The summed E-state index contributed by atoms with van der Waals surface area (Å²) in [5.41, 5.74) is 3.65. The van der Waals surface area contributed by atoms with Crippen molar-refractivity contribution in [3.8, 4) is 0 Å². The van der Waals surface area contributed by atoms with Gasteiger partial charge in [-0.2, -0.15) is 0 Å². The van der Waals surface area contributed by atoms with Crippen molar-refractivity contribution < 1.29 is 14.4 Å². The average molecular weight is 277 g/mol. The molecule has 0 saturated heterocycles. The van der Waals surface area contributed by atoms with Crippen LogP contribution in [0, 0.1) is 6.92 Å². The van der Waals surface area contributed by atoms with E-state index in [-0.39, 0.29) is 6.10 Å². The Morgan fingerprint density at radius 2 is 2.15 bits per heavy atom. The Balaban J connectivity index is 2.48. The van der Waals surface area contributed by atoms with Crippen LogP contribution in [0.4, 0.5) is 5.69 Å². The molecule has 6 heteroatoms. The first kappa shape index (κ1) is 14.3. The summed E-state index contributed by atoms with van der Waals surface area (Å²) in [4.78, 5) is 23.6. The van der Waals surface area contributed by atoms with Crippen molar-refractivity contribution in [3.05, 3.63) is 23.0 Å². The Hall–Kier alpha value is -2.11. The number of ether oxygens (including phenoxy) is 1. The van der Waals surface area contributed by atoms with E-state index in [1.54, 1.807) is 0 Å². The summed E-state index contributed by atoms with van der Waals surface area (Å²) in [6.07, 6.45) is 0.446. The highest BCUT2D eigenvalue weighted by Crippen LogP contribution is 2.31. The molecule has 1 aromatic rings. The van der Waals surface area contributed by atoms with Crippen LogP contribution in [0.1, 0.15) is 41.2 Å². The van der Waals surface area contributed by atoms with Crippen LogP contribution in [0.15, 0.2) is 11.2 Å². The fourth-order valence-electron chi connectivity index (χ4n) is 2.19. The van der Waals surface area contributed by atoms with E-state index < -0.39 is 5.97 Å². The number of carbonyl (C=O) groups is 1. The minimum Gasteiger partial charge on any atom is -0.464 e. The third-order valence-electron chi connectivity index (χ3n) is 3.27. The molecule has 1 aliphatic rings. The highest BCUT2D eigenvalue weighted by molar-refractivity contribution is 5.90. The minimum atomic E-state index is -0.442. The summed E-state index contributed by atoms with van der Waals surface area (Å²) in [7, 11) is 5.19. The van der Waals surface area contributed by atoms with Gasteiger partial charge in [-0.1, -0.05) is 5.16 Å². The zero-order valence-corrected chi connectivity index (χ0v) is 12.4. The highest BCUT2D eigenvalue weighted by atomic mass is 16.6. The lowest BCUT2D eigenvalue weighted by Crippen LogP contribution is -2.17.